The molecule has 2 nitrogen and oxygen atoms in total. The van der Waals surface area contributed by atoms with Gasteiger partial charge in [0.05, 0.1) is 5.69 Å². The molecule has 2 aromatic rings. The number of rotatable bonds is 2. The molecule has 0 saturated heterocycles. The second kappa shape index (κ2) is 8.06. The molecule has 7 rings (SSSR count). The number of allylic oxidation sites excluding steroid dienone is 14. The van der Waals surface area contributed by atoms with E-state index < -0.39 is 0 Å². The molecule has 3 unspecified atom stereocenters. The van der Waals surface area contributed by atoms with Crippen molar-refractivity contribution in [1.29, 1.82) is 0 Å². The van der Waals surface area contributed by atoms with E-state index in [4.69, 9.17) is 0 Å². The van der Waals surface area contributed by atoms with Crippen molar-refractivity contribution in [3.63, 3.8) is 0 Å². The van der Waals surface area contributed by atoms with Crippen LogP contribution < -0.4 is 5.56 Å². The van der Waals surface area contributed by atoms with Gasteiger partial charge in [-0.15, -0.1) is 0 Å². The van der Waals surface area contributed by atoms with Gasteiger partial charge in [-0.2, -0.15) is 0 Å². The molecular formula is C34H33NO. The first kappa shape index (κ1) is 21.9. The van der Waals surface area contributed by atoms with Gasteiger partial charge in [0.25, 0.3) is 5.56 Å². The van der Waals surface area contributed by atoms with Crippen LogP contribution in [0.15, 0.2) is 101 Å². The number of aromatic nitrogens is 1. The van der Waals surface area contributed by atoms with Crippen LogP contribution in [0.4, 0.5) is 0 Å². The molecule has 5 aliphatic rings. The van der Waals surface area contributed by atoms with Crippen LogP contribution in [0.5, 0.6) is 0 Å². The Balaban J connectivity index is 1.49. The van der Waals surface area contributed by atoms with E-state index in [1.807, 2.05) is 12.1 Å². The fourth-order valence-corrected chi connectivity index (χ4v) is 7.15. The summed E-state index contributed by atoms with van der Waals surface area (Å²) in [5.74, 6) is 1.30. The molecule has 0 amide bonds. The van der Waals surface area contributed by atoms with Gasteiger partial charge in [0, 0.05) is 22.4 Å². The SMILES string of the molecule is CC1(C)C2=CC(C3=CCCC=C3)CC=C2n2c3c(c4ccccc4c2=O)CC(C2C=CC=CC2)C=C31. The summed E-state index contributed by atoms with van der Waals surface area (Å²) >= 11 is 0. The lowest BCUT2D eigenvalue weighted by molar-refractivity contribution is 0.457. The average Bonchev–Trinajstić information content (AvgIpc) is 2.93. The minimum absolute atomic E-state index is 0.122. The van der Waals surface area contributed by atoms with Crippen molar-refractivity contribution in [3.05, 3.63) is 118 Å². The largest absolute Gasteiger partial charge is 0.276 e. The highest BCUT2D eigenvalue weighted by molar-refractivity contribution is 5.96. The average molecular weight is 472 g/mol. The lowest BCUT2D eigenvalue weighted by Crippen LogP contribution is -2.39. The molecule has 0 saturated carbocycles. The maximum atomic E-state index is 14.1. The minimum atomic E-state index is -0.167. The standard InChI is InChI=1S/C34H33NO/c1-34(2)29-20-24(22-11-5-3-6-12-22)17-18-31(29)35-32-28(26-15-9-10-16-27(26)33(35)36)19-25(21-30(32)34)23-13-7-4-8-14-23/h4-5,7-13,15-16,18,20-21,23-25H,3,6,14,17,19H2,1-2H3. The van der Waals surface area contributed by atoms with Gasteiger partial charge in [-0.05, 0) is 77.7 Å². The molecule has 2 heterocycles. The van der Waals surface area contributed by atoms with E-state index in [1.54, 1.807) is 0 Å². The zero-order chi connectivity index (χ0) is 24.4. The van der Waals surface area contributed by atoms with Crippen LogP contribution in [0, 0.1) is 23.2 Å². The van der Waals surface area contributed by atoms with E-state index in [1.165, 1.54) is 22.3 Å². The second-order valence-electron chi connectivity index (χ2n) is 11.5. The second-order valence-corrected chi connectivity index (χ2v) is 11.5. The van der Waals surface area contributed by atoms with Crippen LogP contribution in [0.1, 0.15) is 50.8 Å². The highest BCUT2D eigenvalue weighted by atomic mass is 16.1. The summed E-state index contributed by atoms with van der Waals surface area (Å²) in [6, 6.07) is 8.27. The summed E-state index contributed by atoms with van der Waals surface area (Å²) in [6.45, 7) is 4.75. The van der Waals surface area contributed by atoms with Crippen LogP contribution in [-0.4, -0.2) is 4.57 Å². The smallest absolute Gasteiger partial charge is 0.263 e. The maximum absolute atomic E-state index is 14.1. The lowest BCUT2D eigenvalue weighted by atomic mass is 9.63. The molecule has 36 heavy (non-hydrogen) atoms. The highest BCUT2D eigenvalue weighted by Crippen LogP contribution is 2.55. The van der Waals surface area contributed by atoms with E-state index in [0.29, 0.717) is 17.8 Å². The molecular weight excluding hydrogens is 438 g/mol. The number of nitrogens with zero attached hydrogens (tertiary/aromatic N) is 1. The Morgan fingerprint density at radius 3 is 2.53 bits per heavy atom. The lowest BCUT2D eigenvalue weighted by Gasteiger charge is -2.46. The predicted molar refractivity (Wildman–Crippen MR) is 150 cm³/mol. The third kappa shape index (κ3) is 3.13. The van der Waals surface area contributed by atoms with Gasteiger partial charge < -0.3 is 0 Å². The summed E-state index contributed by atoms with van der Waals surface area (Å²) in [5, 5.41) is 1.98. The molecule has 1 aliphatic heterocycles. The molecule has 0 spiro atoms. The zero-order valence-electron chi connectivity index (χ0n) is 21.2. The number of hydrogen-bond acceptors (Lipinski definition) is 1. The molecule has 2 heteroatoms. The molecule has 0 bridgehead atoms. The molecule has 3 atom stereocenters. The number of hydrogen-bond donors (Lipinski definition) is 0. The van der Waals surface area contributed by atoms with E-state index in [9.17, 15) is 4.79 Å². The van der Waals surface area contributed by atoms with E-state index in [0.717, 1.165) is 54.3 Å². The summed E-state index contributed by atoms with van der Waals surface area (Å²) in [5.41, 5.74) is 7.64. The van der Waals surface area contributed by atoms with Crippen LogP contribution in [0.25, 0.3) is 22.0 Å². The van der Waals surface area contributed by atoms with Crippen molar-refractivity contribution < 1.29 is 0 Å². The summed E-state index contributed by atoms with van der Waals surface area (Å²) in [7, 11) is 0. The van der Waals surface area contributed by atoms with E-state index >= 15 is 0 Å². The van der Waals surface area contributed by atoms with Crippen LogP contribution >= 0.6 is 0 Å². The summed E-state index contributed by atoms with van der Waals surface area (Å²) in [4.78, 5) is 14.1. The molecule has 1 aromatic heterocycles. The van der Waals surface area contributed by atoms with Gasteiger partial charge in [-0.3, -0.25) is 9.36 Å². The summed E-state index contributed by atoms with van der Waals surface area (Å²) < 4.78 is 2.08. The Hall–Kier alpha value is -3.39. The third-order valence-corrected chi connectivity index (χ3v) is 9.08. The van der Waals surface area contributed by atoms with Gasteiger partial charge in [-0.1, -0.05) is 92.8 Å². The van der Waals surface area contributed by atoms with Gasteiger partial charge >= 0.3 is 0 Å². The Kier molecular flexibility index (Phi) is 4.90. The van der Waals surface area contributed by atoms with Crippen molar-refractivity contribution in [2.75, 3.05) is 0 Å². The minimum Gasteiger partial charge on any atom is -0.276 e. The predicted octanol–water partition coefficient (Wildman–Crippen LogP) is 7.79. The number of fused-ring (bicyclic) bond motifs is 4. The first-order valence-corrected chi connectivity index (χ1v) is 13.6. The van der Waals surface area contributed by atoms with Gasteiger partial charge in [0.2, 0.25) is 0 Å². The highest BCUT2D eigenvalue weighted by Gasteiger charge is 2.44. The Morgan fingerprint density at radius 2 is 1.75 bits per heavy atom. The number of benzene rings is 1. The topological polar surface area (TPSA) is 22.0 Å². The quantitative estimate of drug-likeness (QED) is 0.438. The molecule has 1 aromatic carbocycles. The fraction of sp³-hybridized carbons (Fsp3) is 0.324. The molecule has 0 fully saturated rings. The van der Waals surface area contributed by atoms with Gasteiger partial charge in [0.1, 0.15) is 0 Å². The number of pyridine rings is 1. The zero-order valence-corrected chi connectivity index (χ0v) is 21.2. The van der Waals surface area contributed by atoms with E-state index in [2.05, 4.69) is 91.3 Å². The molecule has 0 radical (unpaired) electrons. The Labute approximate surface area is 213 Å². The van der Waals surface area contributed by atoms with Gasteiger partial charge in [-0.25, -0.2) is 0 Å². The van der Waals surface area contributed by atoms with Crippen LogP contribution in [0.3, 0.4) is 0 Å². The van der Waals surface area contributed by atoms with Crippen molar-refractivity contribution in [1.82, 2.24) is 4.57 Å². The van der Waals surface area contributed by atoms with Crippen LogP contribution in [0.2, 0.25) is 0 Å². The molecule has 0 N–H and O–H groups in total. The third-order valence-electron chi connectivity index (χ3n) is 9.08. The van der Waals surface area contributed by atoms with Crippen molar-refractivity contribution in [2.24, 2.45) is 23.2 Å². The van der Waals surface area contributed by atoms with Crippen molar-refractivity contribution in [2.45, 2.75) is 46.0 Å². The molecule has 180 valence electrons. The van der Waals surface area contributed by atoms with Gasteiger partial charge in [0.15, 0.2) is 0 Å². The van der Waals surface area contributed by atoms with Crippen molar-refractivity contribution >= 4 is 22.0 Å². The molecule has 4 aliphatic carbocycles. The maximum Gasteiger partial charge on any atom is 0.263 e. The van der Waals surface area contributed by atoms with Crippen LogP contribution in [-0.2, 0) is 6.42 Å². The Bertz CT molecular complexity index is 1560. The summed E-state index contributed by atoms with van der Waals surface area (Å²) in [6.07, 6.45) is 28.7. The fourth-order valence-electron chi connectivity index (χ4n) is 7.15. The first-order valence-electron chi connectivity index (χ1n) is 13.6. The Morgan fingerprint density at radius 1 is 0.889 bits per heavy atom. The first-order chi connectivity index (χ1) is 17.5. The van der Waals surface area contributed by atoms with E-state index in [-0.39, 0.29) is 11.0 Å². The monoisotopic (exact) mass is 471 g/mol. The normalized spacial score (nSPS) is 27.6. The van der Waals surface area contributed by atoms with Crippen molar-refractivity contribution in [3.8, 4) is 0 Å².